The first-order chi connectivity index (χ1) is 30.3. The number of aliphatic carboxylic acids is 1. The van der Waals surface area contributed by atoms with E-state index in [2.05, 4.69) is 26.8 Å². The van der Waals surface area contributed by atoms with Gasteiger partial charge in [0.15, 0.2) is 12.4 Å². The van der Waals surface area contributed by atoms with E-state index in [4.69, 9.17) is 23.7 Å². The number of Topliss-reactive ketones (excluding diaryl/α,β-unsaturated/α-hetero) is 1. The van der Waals surface area contributed by atoms with Crippen LogP contribution in [0.2, 0.25) is 0 Å². The molecule has 7 rings (SSSR count). The number of hydrogen-bond acceptors (Lipinski definition) is 17. The molecule has 10 N–H and O–H groups in total. The first-order valence-electron chi connectivity index (χ1n) is 23.1. The Morgan fingerprint density at radius 2 is 1.54 bits per heavy atom. The van der Waals surface area contributed by atoms with Crippen LogP contribution in [-0.4, -0.2) is 168 Å². The van der Waals surface area contributed by atoms with Crippen molar-refractivity contribution in [3.63, 3.8) is 0 Å². The highest BCUT2D eigenvalue weighted by molar-refractivity contribution is 5.88. The maximum atomic E-state index is 13.1. The van der Waals surface area contributed by atoms with E-state index >= 15 is 0 Å². The maximum Gasteiger partial charge on any atom is 0.335 e. The zero-order chi connectivity index (χ0) is 48.1. The highest BCUT2D eigenvalue weighted by Gasteiger charge is 2.73. The second-order valence-electron chi connectivity index (χ2n) is 22.0. The van der Waals surface area contributed by atoms with Crippen molar-refractivity contribution >= 4 is 17.7 Å². The van der Waals surface area contributed by atoms with E-state index in [1.807, 2.05) is 20.8 Å². The number of carboxylic acid groups (broad SMARTS) is 1. The summed E-state index contributed by atoms with van der Waals surface area (Å²) >= 11 is 0. The Balaban J connectivity index is 1.16. The number of aliphatic hydroxyl groups excluding tert-OH is 9. The lowest BCUT2D eigenvalue weighted by atomic mass is 9.33. The Bertz CT molecular complexity index is 1900. The van der Waals surface area contributed by atoms with Crippen LogP contribution in [0.25, 0.3) is 0 Å². The lowest BCUT2D eigenvalue weighted by Gasteiger charge is -2.72. The molecule has 65 heavy (non-hydrogen) atoms. The summed E-state index contributed by atoms with van der Waals surface area (Å²) in [7, 11) is 0. The van der Waals surface area contributed by atoms with Gasteiger partial charge in [0.1, 0.15) is 48.8 Å². The highest BCUT2D eigenvalue weighted by atomic mass is 16.7. The number of rotatable bonds is 10. The number of esters is 1. The Morgan fingerprint density at radius 1 is 0.862 bits per heavy atom. The van der Waals surface area contributed by atoms with Crippen LogP contribution in [0.15, 0.2) is 23.3 Å². The molecule has 0 aromatic carbocycles. The third-order valence-electron chi connectivity index (χ3n) is 18.5. The van der Waals surface area contributed by atoms with Gasteiger partial charge in [-0.15, -0.1) is 0 Å². The van der Waals surface area contributed by atoms with E-state index < -0.39 is 149 Å². The van der Waals surface area contributed by atoms with Crippen LogP contribution in [0.3, 0.4) is 0 Å². The summed E-state index contributed by atoms with van der Waals surface area (Å²) in [6.45, 7) is 14.1. The molecule has 0 aromatic rings. The zero-order valence-electron chi connectivity index (χ0n) is 38.7. The molecular weight excluding hydrogens is 852 g/mol. The van der Waals surface area contributed by atoms with Gasteiger partial charge in [-0.25, -0.2) is 9.59 Å². The fourth-order valence-corrected chi connectivity index (χ4v) is 14.3. The fourth-order valence-electron chi connectivity index (χ4n) is 14.3. The maximum absolute atomic E-state index is 13.1. The van der Waals surface area contributed by atoms with Gasteiger partial charge in [-0.3, -0.25) is 4.79 Å². The molecule has 4 saturated carbocycles. The SMILES string of the molecule is CC=C(C)C(=O)OC1C(O)C2(CO)C(O)CC3(C)C(=CCC4C5(C)CCC(OC6OC(C(=O)O)C(O)C(OC7OC(CO)C(O)C(O)C7=O)C6O)C(C)(CO)C5CCC43C)C2CC1(C)C. The lowest BCUT2D eigenvalue weighted by molar-refractivity contribution is -0.347. The van der Waals surface area contributed by atoms with Gasteiger partial charge in [-0.05, 0) is 92.8 Å². The third kappa shape index (κ3) is 7.42. The third-order valence-corrected chi connectivity index (χ3v) is 18.5. The average Bonchev–Trinajstić information content (AvgIpc) is 3.25. The van der Waals surface area contributed by atoms with Gasteiger partial charge in [0, 0.05) is 16.4 Å². The molecule has 2 heterocycles. The lowest BCUT2D eigenvalue weighted by Crippen LogP contribution is -2.72. The number of carbonyl (C=O) groups excluding carboxylic acids is 2. The number of ether oxygens (including phenoxy) is 5. The smallest absolute Gasteiger partial charge is 0.335 e. The van der Waals surface area contributed by atoms with Crippen LogP contribution < -0.4 is 0 Å². The van der Waals surface area contributed by atoms with Gasteiger partial charge in [0.05, 0.1) is 37.4 Å². The van der Waals surface area contributed by atoms with Crippen LogP contribution in [0.5, 0.6) is 0 Å². The van der Waals surface area contributed by atoms with Crippen molar-refractivity contribution in [2.24, 2.45) is 50.2 Å². The molecule has 5 aliphatic carbocycles. The zero-order valence-corrected chi connectivity index (χ0v) is 38.7. The van der Waals surface area contributed by atoms with E-state index in [1.165, 1.54) is 0 Å². The Morgan fingerprint density at radius 3 is 2.14 bits per heavy atom. The van der Waals surface area contributed by atoms with E-state index in [9.17, 15) is 65.4 Å². The number of carboxylic acids is 1. The van der Waals surface area contributed by atoms with Crippen molar-refractivity contribution in [2.75, 3.05) is 19.8 Å². The molecule has 18 heteroatoms. The minimum Gasteiger partial charge on any atom is -0.479 e. The quantitative estimate of drug-likeness (QED) is 0.0617. The second-order valence-corrected chi connectivity index (χ2v) is 22.0. The number of ketones is 1. The average molecular weight is 925 g/mol. The number of fused-ring (bicyclic) bond motifs is 7. The first-order valence-corrected chi connectivity index (χ1v) is 23.1. The summed E-state index contributed by atoms with van der Waals surface area (Å²) in [6.07, 6.45) is -13.9. The summed E-state index contributed by atoms with van der Waals surface area (Å²) in [5, 5.41) is 110. The van der Waals surface area contributed by atoms with Crippen LogP contribution in [0.4, 0.5) is 0 Å². The van der Waals surface area contributed by atoms with Gasteiger partial charge in [-0.2, -0.15) is 0 Å². The molecule has 2 aliphatic heterocycles. The Hall–Kier alpha value is -2.43. The van der Waals surface area contributed by atoms with Crippen LogP contribution in [-0.2, 0) is 38.1 Å². The standard InChI is InChI=1S/C47H72O18/c1-9-21(2)39(60)65-37-36(57)47(20-50)23(16-42(37,3)4)22-10-11-26-43(5)14-13-28(44(6,19-49)25(43)12-15-45(26,7)46(22,8)17-27(47)51)62-41-33(56)34(32(55)35(64-41)38(58)59)63-40-31(54)30(53)29(52)24(18-48)61-40/h9-10,23-30,32-37,40-41,48-53,55-57H,11-20H2,1-8H3,(H,58,59). The van der Waals surface area contributed by atoms with E-state index in [1.54, 1.807) is 19.9 Å². The summed E-state index contributed by atoms with van der Waals surface area (Å²) in [5.74, 6) is -3.97. The molecule has 18 nitrogen and oxygen atoms in total. The number of hydrogen-bond donors (Lipinski definition) is 10. The molecule has 0 spiro atoms. The highest BCUT2D eigenvalue weighted by Crippen LogP contribution is 2.76. The molecule has 2 saturated heterocycles. The van der Waals surface area contributed by atoms with Crippen molar-refractivity contribution < 1.29 is 89.1 Å². The molecule has 7 aliphatic rings. The Kier molecular flexibility index (Phi) is 13.6. The van der Waals surface area contributed by atoms with Gasteiger partial charge < -0.3 is 74.7 Å². The Labute approximate surface area is 379 Å². The largest absolute Gasteiger partial charge is 0.479 e. The van der Waals surface area contributed by atoms with Crippen molar-refractivity contribution in [2.45, 2.75) is 180 Å². The summed E-state index contributed by atoms with van der Waals surface area (Å²) in [4.78, 5) is 38.3. The monoisotopic (exact) mass is 924 g/mol. The predicted octanol–water partition coefficient (Wildman–Crippen LogP) is 0.492. The molecule has 0 radical (unpaired) electrons. The van der Waals surface area contributed by atoms with E-state index in [0.717, 1.165) is 5.57 Å². The molecule has 21 unspecified atom stereocenters. The summed E-state index contributed by atoms with van der Waals surface area (Å²) < 4.78 is 29.1. The van der Waals surface area contributed by atoms with Gasteiger partial charge in [-0.1, -0.05) is 59.3 Å². The second kappa shape index (κ2) is 17.5. The van der Waals surface area contributed by atoms with Crippen LogP contribution in [0.1, 0.15) is 100 Å². The van der Waals surface area contributed by atoms with Crippen molar-refractivity contribution in [3.05, 3.63) is 23.3 Å². The topological polar surface area (TPSA) is 300 Å². The molecule has 21 atom stereocenters. The van der Waals surface area contributed by atoms with Crippen molar-refractivity contribution in [1.29, 1.82) is 0 Å². The minimum absolute atomic E-state index is 0.0210. The number of allylic oxidation sites excluding steroid dienone is 3. The molecule has 0 aromatic heterocycles. The number of carbonyl (C=O) groups is 3. The number of aliphatic hydroxyl groups is 9. The summed E-state index contributed by atoms with van der Waals surface area (Å²) in [5.41, 5.74) is -3.06. The van der Waals surface area contributed by atoms with E-state index in [-0.39, 0.29) is 24.9 Å². The van der Waals surface area contributed by atoms with Gasteiger partial charge in [0.25, 0.3) is 0 Å². The molecule has 0 bridgehead atoms. The molecule has 0 amide bonds. The first kappa shape index (κ1) is 50.4. The van der Waals surface area contributed by atoms with Gasteiger partial charge >= 0.3 is 11.9 Å². The fraction of sp³-hybridized carbons (Fsp3) is 0.851. The van der Waals surface area contributed by atoms with Crippen molar-refractivity contribution in [3.8, 4) is 0 Å². The normalized spacial score (nSPS) is 50.8. The molecular formula is C47H72O18. The van der Waals surface area contributed by atoms with E-state index in [0.29, 0.717) is 44.1 Å². The predicted molar refractivity (Wildman–Crippen MR) is 226 cm³/mol. The molecule has 368 valence electrons. The van der Waals surface area contributed by atoms with Crippen LogP contribution >= 0.6 is 0 Å². The summed E-state index contributed by atoms with van der Waals surface area (Å²) in [6, 6.07) is 0. The minimum atomic E-state index is -2.06. The molecule has 6 fully saturated rings. The van der Waals surface area contributed by atoms with Crippen LogP contribution in [0, 0.1) is 50.2 Å². The van der Waals surface area contributed by atoms with Crippen molar-refractivity contribution in [1.82, 2.24) is 0 Å². The van der Waals surface area contributed by atoms with Gasteiger partial charge in [0.2, 0.25) is 12.1 Å².